The summed E-state index contributed by atoms with van der Waals surface area (Å²) in [4.78, 5) is 13.0. The second-order valence-electron chi connectivity index (χ2n) is 9.24. The molecule has 2 saturated heterocycles. The van der Waals surface area contributed by atoms with E-state index in [9.17, 15) is 14.3 Å². The van der Waals surface area contributed by atoms with E-state index in [0.29, 0.717) is 49.7 Å². The second-order valence-corrected chi connectivity index (χ2v) is 12.5. The van der Waals surface area contributed by atoms with E-state index in [2.05, 4.69) is 5.32 Å². The number of hydrogen-bond acceptors (Lipinski definition) is 2. The third-order valence-corrected chi connectivity index (χ3v) is 10.6. The maximum atomic E-state index is 15.0. The molecule has 2 bridgehead atoms. The Hall–Kier alpha value is -1.13. The van der Waals surface area contributed by atoms with Crippen molar-refractivity contribution in [2.45, 2.75) is 51.7 Å². The standard InChI is InChI=1S/C21H27F3NO2P/c1-12-3-4-15(22)17(18(12)23)19(21-5-7-28(24,11-21)8-6-21)25-20(27)14-9-13(2)16(26)10-14/h3-4,13-14,16,19,26H,5-11H2,1-2H3/p+1. The molecule has 1 saturated carbocycles. The van der Waals surface area contributed by atoms with Crippen molar-refractivity contribution in [3.05, 3.63) is 34.9 Å². The highest BCUT2D eigenvalue weighted by atomic mass is 31.2. The number of rotatable bonds is 4. The number of fused-ring (bicyclic) bond motifs is 2. The number of hydrogen-bond donors (Lipinski definition) is 2. The first-order chi connectivity index (χ1) is 13.1. The average molecular weight is 414 g/mol. The molecule has 4 unspecified atom stereocenters. The van der Waals surface area contributed by atoms with E-state index in [-0.39, 0.29) is 23.3 Å². The Morgan fingerprint density at radius 1 is 1.29 bits per heavy atom. The van der Waals surface area contributed by atoms with Crippen molar-refractivity contribution < 1.29 is 22.9 Å². The monoisotopic (exact) mass is 414 g/mol. The first-order valence-corrected chi connectivity index (χ1v) is 12.4. The molecule has 3 fully saturated rings. The summed E-state index contributed by atoms with van der Waals surface area (Å²) in [6.07, 6.45) is 2.76. The van der Waals surface area contributed by atoms with Gasteiger partial charge in [0.25, 0.3) is 0 Å². The molecule has 3 aliphatic rings. The molecule has 2 N–H and O–H groups in total. The van der Waals surface area contributed by atoms with Crippen LogP contribution in [0.25, 0.3) is 0 Å². The Labute approximate surface area is 164 Å². The first-order valence-electron chi connectivity index (χ1n) is 10.1. The lowest BCUT2D eigenvalue weighted by Crippen LogP contribution is -2.44. The van der Waals surface area contributed by atoms with Gasteiger partial charge in [-0.3, -0.25) is 4.79 Å². The Morgan fingerprint density at radius 2 is 1.96 bits per heavy atom. The summed E-state index contributed by atoms with van der Waals surface area (Å²) < 4.78 is 44.8. The van der Waals surface area contributed by atoms with E-state index in [1.165, 1.54) is 12.1 Å². The lowest BCUT2D eigenvalue weighted by atomic mass is 9.73. The second kappa shape index (κ2) is 6.98. The van der Waals surface area contributed by atoms with Crippen molar-refractivity contribution >= 4 is 13.5 Å². The summed E-state index contributed by atoms with van der Waals surface area (Å²) in [5, 5.41) is 12.9. The maximum absolute atomic E-state index is 15.0. The molecule has 4 atom stereocenters. The minimum absolute atomic E-state index is 0.0159. The highest BCUT2D eigenvalue weighted by Gasteiger charge is 2.66. The van der Waals surface area contributed by atoms with Crippen LogP contribution in [0, 0.1) is 35.8 Å². The zero-order chi connectivity index (χ0) is 20.3. The summed E-state index contributed by atoms with van der Waals surface area (Å²) in [6.45, 7) is 3.46. The zero-order valence-corrected chi connectivity index (χ0v) is 17.2. The van der Waals surface area contributed by atoms with Crippen LogP contribution in [0.4, 0.5) is 13.0 Å². The Morgan fingerprint density at radius 3 is 2.50 bits per heavy atom. The van der Waals surface area contributed by atoms with Crippen molar-refractivity contribution in [3.63, 3.8) is 0 Å². The van der Waals surface area contributed by atoms with Crippen LogP contribution in [0.1, 0.15) is 49.8 Å². The molecule has 154 valence electrons. The van der Waals surface area contributed by atoms with E-state index in [4.69, 9.17) is 0 Å². The summed E-state index contributed by atoms with van der Waals surface area (Å²) >= 11 is 0. The van der Waals surface area contributed by atoms with Crippen LogP contribution in [0.3, 0.4) is 0 Å². The van der Waals surface area contributed by atoms with Gasteiger partial charge in [-0.25, -0.2) is 8.78 Å². The van der Waals surface area contributed by atoms with Crippen LogP contribution < -0.4 is 5.32 Å². The zero-order valence-electron chi connectivity index (χ0n) is 16.4. The molecule has 0 spiro atoms. The van der Waals surface area contributed by atoms with Crippen LogP contribution in [-0.2, 0) is 4.79 Å². The summed E-state index contributed by atoms with van der Waals surface area (Å²) in [7, 11) is -2.53. The molecular weight excluding hydrogens is 386 g/mol. The molecule has 2 heterocycles. The molecule has 7 heteroatoms. The number of aliphatic hydroxyl groups excluding tert-OH is 1. The molecular formula is C21H28F3NO2P+. The lowest BCUT2D eigenvalue weighted by molar-refractivity contribution is -0.126. The lowest BCUT2D eigenvalue weighted by Gasteiger charge is -2.35. The van der Waals surface area contributed by atoms with E-state index < -0.39 is 36.8 Å². The van der Waals surface area contributed by atoms with Crippen molar-refractivity contribution in [2.24, 2.45) is 17.3 Å². The minimum Gasteiger partial charge on any atom is -0.393 e. The molecule has 0 radical (unpaired) electrons. The number of nitrogens with one attached hydrogen (secondary N) is 1. The summed E-state index contributed by atoms with van der Waals surface area (Å²) in [6, 6.07) is 1.75. The van der Waals surface area contributed by atoms with Gasteiger partial charge in [-0.15, -0.1) is 0 Å². The van der Waals surface area contributed by atoms with Gasteiger partial charge in [0.15, 0.2) is 0 Å². The molecule has 1 aliphatic carbocycles. The van der Waals surface area contributed by atoms with Gasteiger partial charge in [0, 0.05) is 16.9 Å². The van der Waals surface area contributed by atoms with Gasteiger partial charge in [0.1, 0.15) is 11.6 Å². The molecule has 1 amide bonds. The fourth-order valence-electron chi connectivity index (χ4n) is 5.52. The highest BCUT2D eigenvalue weighted by Crippen LogP contribution is 2.78. The van der Waals surface area contributed by atoms with Gasteiger partial charge in [0.2, 0.25) is 13.5 Å². The SMILES string of the molecule is Cc1ccc(F)c(C(NC(=O)C2CC(C)C(O)C2)C23CC[P+](F)(CC2)C3)c1F. The number of amides is 1. The predicted molar refractivity (Wildman–Crippen MR) is 104 cm³/mol. The van der Waals surface area contributed by atoms with Gasteiger partial charge >= 0.3 is 0 Å². The number of aryl methyl sites for hydroxylation is 1. The average Bonchev–Trinajstić information content (AvgIpc) is 3.29. The molecule has 28 heavy (non-hydrogen) atoms. The normalized spacial score (nSPS) is 38.0. The Bertz CT molecular complexity index is 784. The van der Waals surface area contributed by atoms with Crippen LogP contribution in [-0.4, -0.2) is 35.6 Å². The Kier molecular flexibility index (Phi) is 5.03. The van der Waals surface area contributed by atoms with Crippen LogP contribution in [0.2, 0.25) is 0 Å². The van der Waals surface area contributed by atoms with Crippen molar-refractivity contribution in [2.75, 3.05) is 18.5 Å². The van der Waals surface area contributed by atoms with E-state index in [1.807, 2.05) is 6.92 Å². The Balaban J connectivity index is 1.70. The van der Waals surface area contributed by atoms with E-state index in [1.54, 1.807) is 6.92 Å². The molecule has 0 aromatic heterocycles. The molecule has 1 aromatic rings. The van der Waals surface area contributed by atoms with Crippen LogP contribution >= 0.6 is 7.57 Å². The fraction of sp³-hybridized carbons (Fsp3) is 0.667. The first kappa shape index (κ1) is 20.2. The molecule has 2 aliphatic heterocycles. The van der Waals surface area contributed by atoms with Gasteiger partial charge in [-0.2, -0.15) is 0 Å². The van der Waals surface area contributed by atoms with E-state index >= 15 is 8.59 Å². The fourth-order valence-corrected chi connectivity index (χ4v) is 9.38. The smallest absolute Gasteiger partial charge is 0.223 e. The number of benzene rings is 1. The third kappa shape index (κ3) is 3.27. The minimum atomic E-state index is -2.53. The predicted octanol–water partition coefficient (Wildman–Crippen LogP) is 4.53. The van der Waals surface area contributed by atoms with E-state index in [0.717, 1.165) is 0 Å². The molecule has 4 rings (SSSR count). The van der Waals surface area contributed by atoms with Crippen molar-refractivity contribution in [1.29, 1.82) is 0 Å². The van der Waals surface area contributed by atoms with Crippen molar-refractivity contribution in [3.8, 4) is 0 Å². The van der Waals surface area contributed by atoms with Gasteiger partial charge in [0.05, 0.1) is 30.6 Å². The third-order valence-electron chi connectivity index (χ3n) is 7.34. The molecule has 3 nitrogen and oxygen atoms in total. The van der Waals surface area contributed by atoms with Crippen LogP contribution in [0.5, 0.6) is 0 Å². The van der Waals surface area contributed by atoms with Crippen molar-refractivity contribution in [1.82, 2.24) is 5.32 Å². The summed E-state index contributed by atoms with van der Waals surface area (Å²) in [5.41, 5.74) is -0.430. The maximum Gasteiger partial charge on any atom is 0.223 e. The highest BCUT2D eigenvalue weighted by molar-refractivity contribution is 7.71. The number of halogens is 3. The number of aliphatic hydroxyl groups is 1. The van der Waals surface area contributed by atoms with Gasteiger partial charge < -0.3 is 10.4 Å². The summed E-state index contributed by atoms with van der Waals surface area (Å²) in [5.74, 6) is -2.00. The largest absolute Gasteiger partial charge is 0.393 e. The number of carbonyl (C=O) groups is 1. The quantitative estimate of drug-likeness (QED) is 0.711. The molecule has 1 aromatic carbocycles. The topological polar surface area (TPSA) is 49.3 Å². The van der Waals surface area contributed by atoms with Gasteiger partial charge in [-0.1, -0.05) is 17.2 Å². The van der Waals surface area contributed by atoms with Crippen LogP contribution in [0.15, 0.2) is 12.1 Å². The number of carbonyl (C=O) groups excluding carboxylic acids is 1. The van der Waals surface area contributed by atoms with Gasteiger partial charge in [-0.05, 0) is 50.2 Å².